The van der Waals surface area contributed by atoms with Crippen LogP contribution < -0.4 is 11.1 Å². The van der Waals surface area contributed by atoms with E-state index in [-0.39, 0.29) is 12.0 Å². The number of hydrogen-bond donors (Lipinski definition) is 2. The van der Waals surface area contributed by atoms with Crippen LogP contribution >= 0.6 is 0 Å². The van der Waals surface area contributed by atoms with Crippen molar-refractivity contribution in [1.82, 2.24) is 10.2 Å². The smallest absolute Gasteiger partial charge is 0.227 e. The second-order valence-corrected chi connectivity index (χ2v) is 5.29. The number of amides is 1. The van der Waals surface area contributed by atoms with Crippen molar-refractivity contribution in [2.45, 2.75) is 39.7 Å². The third-order valence-electron chi connectivity index (χ3n) is 4.39. The van der Waals surface area contributed by atoms with Gasteiger partial charge in [0.1, 0.15) is 0 Å². The van der Waals surface area contributed by atoms with Crippen molar-refractivity contribution in [3.8, 4) is 0 Å². The van der Waals surface area contributed by atoms with Gasteiger partial charge in [0.15, 0.2) is 0 Å². The molecule has 1 unspecified atom stereocenters. The van der Waals surface area contributed by atoms with Gasteiger partial charge in [-0.2, -0.15) is 0 Å². The predicted molar refractivity (Wildman–Crippen MR) is 76.9 cm³/mol. The fourth-order valence-corrected chi connectivity index (χ4v) is 2.54. The van der Waals surface area contributed by atoms with Gasteiger partial charge in [0.25, 0.3) is 0 Å². The summed E-state index contributed by atoms with van der Waals surface area (Å²) in [4.78, 5) is 14.6. The van der Waals surface area contributed by atoms with Crippen molar-refractivity contribution in [2.24, 2.45) is 11.1 Å². The first-order chi connectivity index (χ1) is 9.11. The maximum absolute atomic E-state index is 12.3. The van der Waals surface area contributed by atoms with E-state index in [1.807, 2.05) is 13.8 Å². The van der Waals surface area contributed by atoms with Crippen LogP contribution in [0.25, 0.3) is 0 Å². The Bertz CT molecular complexity index is 272. The molecule has 1 heterocycles. The van der Waals surface area contributed by atoms with E-state index in [0.29, 0.717) is 13.1 Å². The van der Waals surface area contributed by atoms with Crippen molar-refractivity contribution in [1.29, 1.82) is 0 Å². The van der Waals surface area contributed by atoms with Gasteiger partial charge in [-0.3, -0.25) is 9.69 Å². The molecule has 1 fully saturated rings. The minimum Gasteiger partial charge on any atom is -0.374 e. The van der Waals surface area contributed by atoms with Crippen molar-refractivity contribution in [2.75, 3.05) is 39.3 Å². The molecule has 0 aromatic rings. The Morgan fingerprint density at radius 1 is 1.42 bits per heavy atom. The van der Waals surface area contributed by atoms with E-state index in [9.17, 15) is 4.79 Å². The highest BCUT2D eigenvalue weighted by molar-refractivity contribution is 5.82. The van der Waals surface area contributed by atoms with E-state index >= 15 is 0 Å². The van der Waals surface area contributed by atoms with E-state index in [4.69, 9.17) is 10.5 Å². The minimum absolute atomic E-state index is 0.0669. The van der Waals surface area contributed by atoms with Gasteiger partial charge in [-0.15, -0.1) is 0 Å². The van der Waals surface area contributed by atoms with Gasteiger partial charge in [0, 0.05) is 26.2 Å². The van der Waals surface area contributed by atoms with Crippen LogP contribution in [0, 0.1) is 5.41 Å². The molecule has 0 bridgehead atoms. The third kappa shape index (κ3) is 4.16. The van der Waals surface area contributed by atoms with Crippen LogP contribution in [0.3, 0.4) is 0 Å². The molecule has 3 N–H and O–H groups in total. The molecule has 0 saturated carbocycles. The first-order valence-electron chi connectivity index (χ1n) is 7.44. The number of rotatable bonds is 7. The Balaban J connectivity index is 2.44. The molecule has 0 aliphatic carbocycles. The summed E-state index contributed by atoms with van der Waals surface area (Å²) in [6.45, 7) is 10.8. The molecule has 1 aliphatic heterocycles. The van der Waals surface area contributed by atoms with Crippen LogP contribution in [0.4, 0.5) is 0 Å². The van der Waals surface area contributed by atoms with Crippen LogP contribution in [-0.4, -0.2) is 56.2 Å². The number of morpholine rings is 1. The maximum atomic E-state index is 12.3. The standard InChI is InChI=1S/C14H29N3O2/c1-4-14(5-2,11-15)13(18)16-9-12-10-17(6-3)7-8-19-12/h12H,4-11,15H2,1-3H3,(H,16,18). The average Bonchev–Trinajstić information content (AvgIpc) is 2.47. The summed E-state index contributed by atoms with van der Waals surface area (Å²) < 4.78 is 5.69. The number of nitrogens with one attached hydrogen (secondary N) is 1. The number of likely N-dealkylation sites (N-methyl/N-ethyl adjacent to an activating group) is 1. The van der Waals surface area contributed by atoms with Crippen molar-refractivity contribution in [3.05, 3.63) is 0 Å². The highest BCUT2D eigenvalue weighted by Gasteiger charge is 2.33. The first-order valence-corrected chi connectivity index (χ1v) is 7.44. The topological polar surface area (TPSA) is 67.6 Å². The summed E-state index contributed by atoms with van der Waals surface area (Å²) >= 11 is 0. The Hall–Kier alpha value is -0.650. The van der Waals surface area contributed by atoms with Gasteiger partial charge >= 0.3 is 0 Å². The molecule has 1 rings (SSSR count). The van der Waals surface area contributed by atoms with E-state index in [1.54, 1.807) is 0 Å². The van der Waals surface area contributed by atoms with Crippen molar-refractivity contribution >= 4 is 5.91 Å². The summed E-state index contributed by atoms with van der Waals surface area (Å²) in [5.41, 5.74) is 5.36. The fourth-order valence-electron chi connectivity index (χ4n) is 2.54. The Morgan fingerprint density at radius 2 is 2.11 bits per heavy atom. The molecule has 5 heteroatoms. The van der Waals surface area contributed by atoms with Gasteiger partial charge in [-0.05, 0) is 19.4 Å². The quantitative estimate of drug-likeness (QED) is 0.711. The van der Waals surface area contributed by atoms with Crippen LogP contribution in [-0.2, 0) is 9.53 Å². The third-order valence-corrected chi connectivity index (χ3v) is 4.39. The van der Waals surface area contributed by atoms with Gasteiger partial charge in [0.05, 0.1) is 18.1 Å². The zero-order valence-electron chi connectivity index (χ0n) is 12.6. The summed E-state index contributed by atoms with van der Waals surface area (Å²) in [5, 5.41) is 3.02. The second-order valence-electron chi connectivity index (χ2n) is 5.29. The second kappa shape index (κ2) is 7.82. The van der Waals surface area contributed by atoms with Crippen LogP contribution in [0.15, 0.2) is 0 Å². The highest BCUT2D eigenvalue weighted by atomic mass is 16.5. The van der Waals surface area contributed by atoms with E-state index < -0.39 is 5.41 Å². The number of ether oxygens (including phenoxy) is 1. The lowest BCUT2D eigenvalue weighted by Crippen LogP contribution is -2.51. The largest absolute Gasteiger partial charge is 0.374 e. The zero-order chi connectivity index (χ0) is 14.3. The summed E-state index contributed by atoms with van der Waals surface area (Å²) in [7, 11) is 0. The Kier molecular flexibility index (Phi) is 6.75. The molecule has 0 aromatic heterocycles. The van der Waals surface area contributed by atoms with Gasteiger partial charge in [-0.1, -0.05) is 20.8 Å². The zero-order valence-corrected chi connectivity index (χ0v) is 12.6. The van der Waals surface area contributed by atoms with Crippen LogP contribution in [0.5, 0.6) is 0 Å². The molecule has 112 valence electrons. The molecule has 1 aliphatic rings. The fraction of sp³-hybridized carbons (Fsp3) is 0.929. The van der Waals surface area contributed by atoms with E-state index in [0.717, 1.165) is 39.1 Å². The lowest BCUT2D eigenvalue weighted by molar-refractivity contribution is -0.132. The van der Waals surface area contributed by atoms with Gasteiger partial charge < -0.3 is 15.8 Å². The average molecular weight is 271 g/mol. The number of nitrogens with zero attached hydrogens (tertiary/aromatic N) is 1. The molecule has 1 amide bonds. The summed E-state index contributed by atoms with van der Waals surface area (Å²) in [5.74, 6) is 0.0669. The van der Waals surface area contributed by atoms with Crippen LogP contribution in [0.1, 0.15) is 33.6 Å². The molecule has 0 radical (unpaired) electrons. The van der Waals surface area contributed by atoms with Crippen molar-refractivity contribution in [3.63, 3.8) is 0 Å². The number of nitrogens with two attached hydrogens (primary N) is 1. The Morgan fingerprint density at radius 3 is 2.63 bits per heavy atom. The monoisotopic (exact) mass is 271 g/mol. The molecule has 1 atom stereocenters. The van der Waals surface area contributed by atoms with Gasteiger partial charge in [-0.25, -0.2) is 0 Å². The normalized spacial score (nSPS) is 21.4. The highest BCUT2D eigenvalue weighted by Crippen LogP contribution is 2.24. The lowest BCUT2D eigenvalue weighted by Gasteiger charge is -2.34. The molecule has 1 saturated heterocycles. The molecular formula is C14H29N3O2. The number of carbonyl (C=O) groups is 1. The van der Waals surface area contributed by atoms with Gasteiger partial charge in [0.2, 0.25) is 5.91 Å². The van der Waals surface area contributed by atoms with E-state index in [2.05, 4.69) is 17.1 Å². The molecular weight excluding hydrogens is 242 g/mol. The first kappa shape index (κ1) is 16.4. The molecule has 5 nitrogen and oxygen atoms in total. The molecule has 19 heavy (non-hydrogen) atoms. The lowest BCUT2D eigenvalue weighted by atomic mass is 9.81. The maximum Gasteiger partial charge on any atom is 0.227 e. The summed E-state index contributed by atoms with van der Waals surface area (Å²) in [6.07, 6.45) is 1.65. The van der Waals surface area contributed by atoms with Crippen molar-refractivity contribution < 1.29 is 9.53 Å². The predicted octanol–water partition coefficient (Wildman–Crippen LogP) is 0.588. The number of carbonyl (C=O) groups excluding carboxylic acids is 1. The van der Waals surface area contributed by atoms with Crippen LogP contribution in [0.2, 0.25) is 0 Å². The molecule has 0 aromatic carbocycles. The SMILES string of the molecule is CCN1CCOC(CNC(=O)C(CC)(CC)CN)C1. The number of hydrogen-bond acceptors (Lipinski definition) is 4. The minimum atomic E-state index is -0.418. The Labute approximate surface area is 116 Å². The summed E-state index contributed by atoms with van der Waals surface area (Å²) in [6, 6.07) is 0. The molecule has 0 spiro atoms. The van der Waals surface area contributed by atoms with E-state index in [1.165, 1.54) is 0 Å².